The Morgan fingerprint density at radius 2 is 1.77 bits per heavy atom. The molecule has 0 aliphatic carbocycles. The highest BCUT2D eigenvalue weighted by atomic mass is 35.5. The van der Waals surface area contributed by atoms with E-state index in [1.165, 1.54) is 41.3 Å². The Hall–Kier alpha value is -2.31. The van der Waals surface area contributed by atoms with Crippen LogP contribution < -0.4 is 15.5 Å². The van der Waals surface area contributed by atoms with Crippen LogP contribution in [-0.2, 0) is 0 Å². The smallest absolute Gasteiger partial charge is 0.314 e. The summed E-state index contributed by atoms with van der Waals surface area (Å²) in [4.78, 5) is 25.9. The maximum absolute atomic E-state index is 13.2. The van der Waals surface area contributed by atoms with Crippen LogP contribution in [0.1, 0.15) is 17.3 Å². The third-order valence-corrected chi connectivity index (χ3v) is 4.05. The molecule has 2 aromatic carbocycles. The van der Waals surface area contributed by atoms with Crippen molar-refractivity contribution in [2.75, 3.05) is 24.5 Å². The van der Waals surface area contributed by atoms with E-state index in [0.717, 1.165) is 0 Å². The van der Waals surface area contributed by atoms with Gasteiger partial charge in [0.05, 0.1) is 10.6 Å². The molecule has 0 bridgehead atoms. The predicted molar refractivity (Wildman–Crippen MR) is 102 cm³/mol. The highest BCUT2D eigenvalue weighted by molar-refractivity contribution is 6.37. The standard InChI is InChI=1S/C18H18Cl2FN3O2/c1-2-22-18(26)23-9-10-24(14-6-4-13(21)5-7-14)17(25)15-8-3-12(19)11-16(15)20/h3-8,11H,2,9-10H2,1H3,(H2,22,23,26). The summed E-state index contributed by atoms with van der Waals surface area (Å²) < 4.78 is 13.2. The Morgan fingerprint density at radius 3 is 2.38 bits per heavy atom. The molecule has 138 valence electrons. The minimum Gasteiger partial charge on any atom is -0.338 e. The normalized spacial score (nSPS) is 10.3. The molecule has 2 N–H and O–H groups in total. The minimum atomic E-state index is -0.411. The van der Waals surface area contributed by atoms with Crippen molar-refractivity contribution >= 4 is 40.8 Å². The summed E-state index contributed by atoms with van der Waals surface area (Å²) in [7, 11) is 0. The summed E-state index contributed by atoms with van der Waals surface area (Å²) in [5, 5.41) is 5.89. The molecule has 0 atom stereocenters. The van der Waals surface area contributed by atoms with Crippen molar-refractivity contribution in [3.8, 4) is 0 Å². The second kappa shape index (κ2) is 9.40. The molecule has 26 heavy (non-hydrogen) atoms. The summed E-state index contributed by atoms with van der Waals surface area (Å²) in [5.41, 5.74) is 0.749. The van der Waals surface area contributed by atoms with Crippen molar-refractivity contribution in [3.63, 3.8) is 0 Å². The fourth-order valence-corrected chi connectivity index (χ4v) is 2.77. The average Bonchev–Trinajstić information content (AvgIpc) is 2.59. The lowest BCUT2D eigenvalue weighted by molar-refractivity contribution is 0.0987. The lowest BCUT2D eigenvalue weighted by atomic mass is 10.1. The Kier molecular flexibility index (Phi) is 7.24. The van der Waals surface area contributed by atoms with Gasteiger partial charge in [-0.15, -0.1) is 0 Å². The molecule has 0 unspecified atom stereocenters. The first-order valence-electron chi connectivity index (χ1n) is 7.96. The van der Waals surface area contributed by atoms with Crippen LogP contribution in [0.25, 0.3) is 0 Å². The second-order valence-corrected chi connectivity index (χ2v) is 6.19. The van der Waals surface area contributed by atoms with Crippen LogP contribution >= 0.6 is 23.2 Å². The average molecular weight is 398 g/mol. The molecule has 0 aromatic heterocycles. The van der Waals surface area contributed by atoms with Gasteiger partial charge in [-0.1, -0.05) is 23.2 Å². The minimum absolute atomic E-state index is 0.181. The number of halogens is 3. The first-order valence-corrected chi connectivity index (χ1v) is 8.72. The van der Waals surface area contributed by atoms with Gasteiger partial charge in [-0.2, -0.15) is 0 Å². The fraction of sp³-hybridized carbons (Fsp3) is 0.222. The molecule has 0 aliphatic heterocycles. The third-order valence-electron chi connectivity index (χ3n) is 3.50. The quantitative estimate of drug-likeness (QED) is 0.770. The number of urea groups is 1. The van der Waals surface area contributed by atoms with Gasteiger partial charge in [-0.05, 0) is 49.4 Å². The van der Waals surface area contributed by atoms with Crippen LogP contribution in [0.5, 0.6) is 0 Å². The van der Waals surface area contributed by atoms with Crippen LogP contribution in [0.4, 0.5) is 14.9 Å². The molecule has 2 aromatic rings. The van der Waals surface area contributed by atoms with Crippen LogP contribution in [0.15, 0.2) is 42.5 Å². The lowest BCUT2D eigenvalue weighted by Gasteiger charge is -2.24. The van der Waals surface area contributed by atoms with Gasteiger partial charge in [0, 0.05) is 30.3 Å². The zero-order valence-corrected chi connectivity index (χ0v) is 15.6. The number of benzene rings is 2. The summed E-state index contributed by atoms with van der Waals surface area (Å²) >= 11 is 12.0. The maximum atomic E-state index is 13.2. The van der Waals surface area contributed by atoms with E-state index in [0.29, 0.717) is 17.3 Å². The van der Waals surface area contributed by atoms with E-state index in [4.69, 9.17) is 23.2 Å². The van der Waals surface area contributed by atoms with E-state index in [1.54, 1.807) is 13.0 Å². The largest absolute Gasteiger partial charge is 0.338 e. The molecule has 0 saturated carbocycles. The van der Waals surface area contributed by atoms with Crippen LogP contribution in [-0.4, -0.2) is 31.6 Å². The zero-order valence-electron chi connectivity index (χ0n) is 14.1. The number of carbonyl (C=O) groups is 2. The zero-order chi connectivity index (χ0) is 19.1. The fourth-order valence-electron chi connectivity index (χ4n) is 2.28. The van der Waals surface area contributed by atoms with E-state index < -0.39 is 5.82 Å². The van der Waals surface area contributed by atoms with Gasteiger partial charge in [-0.25, -0.2) is 9.18 Å². The molecule has 0 spiro atoms. The number of nitrogens with one attached hydrogen (secondary N) is 2. The number of carbonyl (C=O) groups excluding carboxylic acids is 2. The van der Waals surface area contributed by atoms with Gasteiger partial charge in [0.25, 0.3) is 5.91 Å². The van der Waals surface area contributed by atoms with Crippen molar-refractivity contribution in [2.45, 2.75) is 6.92 Å². The molecule has 0 radical (unpaired) electrons. The van der Waals surface area contributed by atoms with Gasteiger partial charge < -0.3 is 15.5 Å². The van der Waals surface area contributed by atoms with Gasteiger partial charge in [-0.3, -0.25) is 4.79 Å². The summed E-state index contributed by atoms with van der Waals surface area (Å²) in [6.07, 6.45) is 0. The molecule has 0 fully saturated rings. The van der Waals surface area contributed by atoms with Crippen molar-refractivity contribution in [1.29, 1.82) is 0 Å². The van der Waals surface area contributed by atoms with E-state index in [-0.39, 0.29) is 35.6 Å². The first-order chi connectivity index (χ1) is 12.4. The van der Waals surface area contributed by atoms with Crippen LogP contribution in [0, 0.1) is 5.82 Å². The molecular weight excluding hydrogens is 380 g/mol. The first kappa shape index (κ1) is 20.0. The maximum Gasteiger partial charge on any atom is 0.314 e. The molecule has 2 rings (SSSR count). The Morgan fingerprint density at radius 1 is 1.08 bits per heavy atom. The molecule has 5 nitrogen and oxygen atoms in total. The van der Waals surface area contributed by atoms with Gasteiger partial charge >= 0.3 is 6.03 Å². The summed E-state index contributed by atoms with van der Waals surface area (Å²) in [5.74, 6) is -0.790. The monoisotopic (exact) mass is 397 g/mol. The Bertz CT molecular complexity index is 785. The number of rotatable bonds is 6. The Balaban J connectivity index is 2.23. The number of anilines is 1. The molecular formula is C18H18Cl2FN3O2. The van der Waals surface area contributed by atoms with Gasteiger partial charge in [0.15, 0.2) is 0 Å². The SMILES string of the molecule is CCNC(=O)NCCN(C(=O)c1ccc(Cl)cc1Cl)c1ccc(F)cc1. The summed E-state index contributed by atoms with van der Waals surface area (Å²) in [6.45, 7) is 2.68. The number of nitrogens with zero attached hydrogens (tertiary/aromatic N) is 1. The number of hydrogen-bond acceptors (Lipinski definition) is 2. The van der Waals surface area contributed by atoms with Crippen molar-refractivity contribution in [3.05, 3.63) is 63.9 Å². The molecule has 0 saturated heterocycles. The van der Waals surface area contributed by atoms with E-state index >= 15 is 0 Å². The number of amides is 3. The van der Waals surface area contributed by atoms with Crippen molar-refractivity contribution < 1.29 is 14.0 Å². The van der Waals surface area contributed by atoms with E-state index in [1.807, 2.05) is 0 Å². The molecule has 8 heteroatoms. The van der Waals surface area contributed by atoms with Gasteiger partial charge in [0.2, 0.25) is 0 Å². The molecule has 3 amide bonds. The highest BCUT2D eigenvalue weighted by Gasteiger charge is 2.20. The molecule has 0 heterocycles. The van der Waals surface area contributed by atoms with E-state index in [9.17, 15) is 14.0 Å². The summed E-state index contributed by atoms with van der Waals surface area (Å²) in [6, 6.07) is 9.74. The van der Waals surface area contributed by atoms with E-state index in [2.05, 4.69) is 10.6 Å². The van der Waals surface area contributed by atoms with Crippen LogP contribution in [0.2, 0.25) is 10.0 Å². The topological polar surface area (TPSA) is 61.4 Å². The second-order valence-electron chi connectivity index (χ2n) is 5.34. The number of hydrogen-bond donors (Lipinski definition) is 2. The Labute approximate surface area is 161 Å². The van der Waals surface area contributed by atoms with Crippen molar-refractivity contribution in [2.24, 2.45) is 0 Å². The highest BCUT2D eigenvalue weighted by Crippen LogP contribution is 2.25. The third kappa shape index (κ3) is 5.34. The van der Waals surface area contributed by atoms with Crippen molar-refractivity contribution in [1.82, 2.24) is 10.6 Å². The van der Waals surface area contributed by atoms with Gasteiger partial charge in [0.1, 0.15) is 5.82 Å². The van der Waals surface area contributed by atoms with Crippen LogP contribution in [0.3, 0.4) is 0 Å². The lowest BCUT2D eigenvalue weighted by Crippen LogP contribution is -2.42. The molecule has 0 aliphatic rings. The predicted octanol–water partition coefficient (Wildman–Crippen LogP) is 4.10.